The number of likely N-dealkylation sites (N-methyl/N-ethyl adjacent to an activating group) is 1. The highest BCUT2D eigenvalue weighted by Gasteiger charge is 2.14. The summed E-state index contributed by atoms with van der Waals surface area (Å²) in [7, 11) is 3.74. The number of rotatable bonds is 7. The van der Waals surface area contributed by atoms with Crippen LogP contribution in [0.15, 0.2) is 24.3 Å². The molecule has 0 saturated carbocycles. The van der Waals surface area contributed by atoms with E-state index in [0.29, 0.717) is 0 Å². The molecule has 2 amide bonds. The lowest BCUT2D eigenvalue weighted by Crippen LogP contribution is -2.40. The lowest BCUT2D eigenvalue weighted by Gasteiger charge is -2.24. The summed E-state index contributed by atoms with van der Waals surface area (Å²) in [5, 5.41) is 11.9. The number of nitrogens with one attached hydrogen (secondary N) is 1. The van der Waals surface area contributed by atoms with Crippen molar-refractivity contribution in [3.05, 3.63) is 24.3 Å². The van der Waals surface area contributed by atoms with Gasteiger partial charge in [-0.05, 0) is 37.6 Å². The number of anilines is 2. The third-order valence-electron chi connectivity index (χ3n) is 3.65. The molecule has 0 fully saturated rings. The van der Waals surface area contributed by atoms with Gasteiger partial charge in [-0.25, -0.2) is 4.79 Å². The summed E-state index contributed by atoms with van der Waals surface area (Å²) in [5.74, 6) is 0. The average Bonchev–Trinajstić information content (AvgIpc) is 2.51. The summed E-state index contributed by atoms with van der Waals surface area (Å²) < 4.78 is 0. The lowest BCUT2D eigenvalue weighted by atomic mass is 10.2. The third kappa shape index (κ3) is 5.27. The molecule has 0 aliphatic rings. The van der Waals surface area contributed by atoms with Crippen molar-refractivity contribution >= 4 is 17.4 Å². The van der Waals surface area contributed by atoms with Crippen molar-refractivity contribution in [1.82, 2.24) is 4.90 Å². The summed E-state index contributed by atoms with van der Waals surface area (Å²) in [6.07, 6.45) is 2.34. The maximum Gasteiger partial charge on any atom is 0.321 e. The number of hydrogen-bond donors (Lipinski definition) is 2. The SMILES string of the molecule is CCCCN(C)c1ccc(NC(=O)N(C)C(C)CO)cc1. The highest BCUT2D eigenvalue weighted by atomic mass is 16.3. The molecule has 21 heavy (non-hydrogen) atoms. The molecule has 5 heteroatoms. The van der Waals surface area contributed by atoms with E-state index >= 15 is 0 Å². The van der Waals surface area contributed by atoms with Gasteiger partial charge in [0.15, 0.2) is 0 Å². The molecule has 0 aromatic heterocycles. The molecule has 0 heterocycles. The zero-order valence-electron chi connectivity index (χ0n) is 13.5. The Labute approximate surface area is 127 Å². The topological polar surface area (TPSA) is 55.8 Å². The van der Waals surface area contributed by atoms with Gasteiger partial charge >= 0.3 is 6.03 Å². The Morgan fingerprint density at radius 2 is 1.90 bits per heavy atom. The van der Waals surface area contributed by atoms with E-state index in [1.165, 1.54) is 17.7 Å². The van der Waals surface area contributed by atoms with E-state index < -0.39 is 0 Å². The van der Waals surface area contributed by atoms with Crippen molar-refractivity contribution in [1.29, 1.82) is 0 Å². The second kappa shape index (κ2) is 8.52. The van der Waals surface area contributed by atoms with E-state index in [1.54, 1.807) is 14.0 Å². The second-order valence-electron chi connectivity index (χ2n) is 5.39. The molecule has 0 spiro atoms. The largest absolute Gasteiger partial charge is 0.394 e. The van der Waals surface area contributed by atoms with E-state index in [2.05, 4.69) is 24.2 Å². The lowest BCUT2D eigenvalue weighted by molar-refractivity contribution is 0.166. The van der Waals surface area contributed by atoms with Crippen LogP contribution in [-0.2, 0) is 0 Å². The van der Waals surface area contributed by atoms with E-state index in [9.17, 15) is 4.79 Å². The zero-order valence-corrected chi connectivity index (χ0v) is 13.5. The monoisotopic (exact) mass is 293 g/mol. The van der Waals surface area contributed by atoms with E-state index in [1.807, 2.05) is 24.3 Å². The molecule has 1 unspecified atom stereocenters. The van der Waals surface area contributed by atoms with Gasteiger partial charge in [0.25, 0.3) is 0 Å². The number of benzene rings is 1. The average molecular weight is 293 g/mol. The van der Waals surface area contributed by atoms with E-state index in [4.69, 9.17) is 5.11 Å². The first kappa shape index (κ1) is 17.3. The van der Waals surface area contributed by atoms with Crippen LogP contribution < -0.4 is 10.2 Å². The Morgan fingerprint density at radius 3 is 2.43 bits per heavy atom. The first-order valence-electron chi connectivity index (χ1n) is 7.45. The van der Waals surface area contributed by atoms with Gasteiger partial charge in [0.2, 0.25) is 0 Å². The minimum absolute atomic E-state index is 0.0505. The fraction of sp³-hybridized carbons (Fsp3) is 0.562. The van der Waals surface area contributed by atoms with Crippen LogP contribution >= 0.6 is 0 Å². The Bertz CT molecular complexity index is 434. The normalized spacial score (nSPS) is 11.9. The van der Waals surface area contributed by atoms with E-state index in [0.717, 1.165) is 17.9 Å². The number of nitrogens with zero attached hydrogens (tertiary/aromatic N) is 2. The molecule has 1 aromatic rings. The van der Waals surface area contributed by atoms with Crippen LogP contribution in [0.4, 0.5) is 16.2 Å². The molecule has 1 atom stereocenters. The first-order valence-corrected chi connectivity index (χ1v) is 7.45. The van der Waals surface area contributed by atoms with Crippen molar-refractivity contribution in [2.75, 3.05) is 37.5 Å². The minimum Gasteiger partial charge on any atom is -0.394 e. The summed E-state index contributed by atoms with van der Waals surface area (Å²) in [6.45, 7) is 4.95. The molecular formula is C16H27N3O2. The Balaban J connectivity index is 2.60. The number of hydrogen-bond acceptors (Lipinski definition) is 3. The van der Waals surface area contributed by atoms with Crippen molar-refractivity contribution in [3.8, 4) is 0 Å². The second-order valence-corrected chi connectivity index (χ2v) is 5.39. The van der Waals surface area contributed by atoms with Gasteiger partial charge in [-0.15, -0.1) is 0 Å². The summed E-state index contributed by atoms with van der Waals surface area (Å²) in [4.78, 5) is 15.7. The molecule has 1 aromatic carbocycles. The van der Waals surface area contributed by atoms with Gasteiger partial charge in [0.1, 0.15) is 0 Å². The summed E-state index contributed by atoms with van der Waals surface area (Å²) in [5.41, 5.74) is 1.89. The smallest absolute Gasteiger partial charge is 0.321 e. The van der Waals surface area contributed by atoms with Gasteiger partial charge in [0, 0.05) is 32.0 Å². The Kier molecular flexibility index (Phi) is 7.02. The van der Waals surface area contributed by atoms with Crippen LogP contribution in [0.25, 0.3) is 0 Å². The van der Waals surface area contributed by atoms with Gasteiger partial charge < -0.3 is 20.2 Å². The maximum absolute atomic E-state index is 12.0. The van der Waals surface area contributed by atoms with Crippen molar-refractivity contribution in [3.63, 3.8) is 0 Å². The number of urea groups is 1. The standard InChI is InChI=1S/C16H27N3O2/c1-5-6-11-18(3)15-9-7-14(8-10-15)17-16(21)19(4)13(2)12-20/h7-10,13,20H,5-6,11-12H2,1-4H3,(H,17,21). The molecule has 118 valence electrons. The maximum atomic E-state index is 12.0. The third-order valence-corrected chi connectivity index (χ3v) is 3.65. The van der Waals surface area contributed by atoms with Crippen molar-refractivity contribution < 1.29 is 9.90 Å². The molecule has 0 radical (unpaired) electrons. The Hall–Kier alpha value is -1.75. The quantitative estimate of drug-likeness (QED) is 0.813. The van der Waals surface area contributed by atoms with Gasteiger partial charge in [0.05, 0.1) is 12.6 Å². The molecule has 0 bridgehead atoms. The van der Waals surface area contributed by atoms with Crippen LogP contribution in [0.5, 0.6) is 0 Å². The molecule has 1 rings (SSSR count). The number of carbonyl (C=O) groups is 1. The van der Waals surface area contributed by atoms with Crippen LogP contribution in [0.1, 0.15) is 26.7 Å². The number of aliphatic hydroxyl groups is 1. The fourth-order valence-corrected chi connectivity index (χ4v) is 1.86. The minimum atomic E-state index is -0.219. The molecular weight excluding hydrogens is 266 g/mol. The number of amides is 2. The van der Waals surface area contributed by atoms with Crippen LogP contribution in [0, 0.1) is 0 Å². The van der Waals surface area contributed by atoms with Crippen LogP contribution in [0.3, 0.4) is 0 Å². The molecule has 2 N–H and O–H groups in total. The Morgan fingerprint density at radius 1 is 1.29 bits per heavy atom. The summed E-state index contributed by atoms with van der Waals surface area (Å²) in [6, 6.07) is 7.37. The predicted octanol–water partition coefficient (Wildman–Crippen LogP) is 2.77. The van der Waals surface area contributed by atoms with Crippen LogP contribution in [0.2, 0.25) is 0 Å². The van der Waals surface area contributed by atoms with Crippen molar-refractivity contribution in [2.24, 2.45) is 0 Å². The summed E-state index contributed by atoms with van der Waals surface area (Å²) >= 11 is 0. The number of aliphatic hydroxyl groups excluding tert-OH is 1. The van der Waals surface area contributed by atoms with Gasteiger partial charge in [-0.2, -0.15) is 0 Å². The zero-order chi connectivity index (χ0) is 15.8. The van der Waals surface area contributed by atoms with Gasteiger partial charge in [-0.3, -0.25) is 0 Å². The molecule has 5 nitrogen and oxygen atoms in total. The first-order chi connectivity index (χ1) is 9.99. The molecule has 0 saturated heterocycles. The van der Waals surface area contributed by atoms with E-state index in [-0.39, 0.29) is 18.7 Å². The highest BCUT2D eigenvalue weighted by molar-refractivity contribution is 5.89. The van der Waals surface area contributed by atoms with Crippen molar-refractivity contribution in [2.45, 2.75) is 32.7 Å². The van der Waals surface area contributed by atoms with Gasteiger partial charge in [-0.1, -0.05) is 13.3 Å². The number of unbranched alkanes of at least 4 members (excludes halogenated alkanes) is 1. The van der Waals surface area contributed by atoms with Crippen LogP contribution in [-0.4, -0.2) is 49.3 Å². The highest BCUT2D eigenvalue weighted by Crippen LogP contribution is 2.17. The number of carbonyl (C=O) groups excluding carboxylic acids is 1. The molecule has 0 aliphatic carbocycles. The fourth-order valence-electron chi connectivity index (χ4n) is 1.86. The molecule has 0 aliphatic heterocycles. The predicted molar refractivity (Wildman–Crippen MR) is 87.9 cm³/mol.